The average molecular weight is 302 g/mol. The molecule has 0 unspecified atom stereocenters. The van der Waals surface area contributed by atoms with E-state index in [-0.39, 0.29) is 11.4 Å². The molecule has 0 atom stereocenters. The van der Waals surface area contributed by atoms with Crippen LogP contribution in [0.2, 0.25) is 0 Å². The van der Waals surface area contributed by atoms with E-state index in [2.05, 4.69) is 14.9 Å². The average Bonchev–Trinajstić information content (AvgIpc) is 3.13. The molecule has 1 aromatic carbocycles. The van der Waals surface area contributed by atoms with Crippen molar-refractivity contribution >= 4 is 16.9 Å². The molecule has 0 aliphatic rings. The van der Waals surface area contributed by atoms with Gasteiger partial charge in [0.05, 0.1) is 12.2 Å². The van der Waals surface area contributed by atoms with Gasteiger partial charge in [-0.2, -0.15) is 0 Å². The minimum atomic E-state index is -0.211. The van der Waals surface area contributed by atoms with Crippen LogP contribution in [0.4, 0.5) is 0 Å². The van der Waals surface area contributed by atoms with E-state index in [1.165, 1.54) is 17.0 Å². The molecule has 8 nitrogen and oxygen atoms in total. The third kappa shape index (κ3) is 2.50. The summed E-state index contributed by atoms with van der Waals surface area (Å²) in [5, 5.41) is 18.7. The summed E-state index contributed by atoms with van der Waals surface area (Å²) in [6, 6.07) is 6.41. The van der Waals surface area contributed by atoms with E-state index in [0.717, 1.165) is 12.1 Å². The van der Waals surface area contributed by atoms with Crippen LogP contribution in [-0.2, 0) is 13.0 Å². The van der Waals surface area contributed by atoms with Crippen molar-refractivity contribution in [2.24, 2.45) is 0 Å². The minimum Gasteiger partial charge on any atom is -0.359 e. The van der Waals surface area contributed by atoms with E-state index in [9.17, 15) is 10.0 Å². The molecule has 2 aromatic heterocycles. The zero-order valence-electron chi connectivity index (χ0n) is 12.1. The van der Waals surface area contributed by atoms with Gasteiger partial charge in [-0.3, -0.25) is 9.42 Å². The van der Waals surface area contributed by atoms with Crippen molar-refractivity contribution in [3.8, 4) is 0 Å². The van der Waals surface area contributed by atoms with Crippen LogP contribution in [0.5, 0.6) is 0 Å². The van der Waals surface area contributed by atoms with Gasteiger partial charge in [0.1, 0.15) is 0 Å². The van der Waals surface area contributed by atoms with Gasteiger partial charge in [0.25, 0.3) is 5.91 Å². The van der Waals surface area contributed by atoms with Crippen molar-refractivity contribution in [3.63, 3.8) is 0 Å². The van der Waals surface area contributed by atoms with Crippen LogP contribution >= 0.6 is 0 Å². The standard InChI is InChI=1S/C14H14N4O4/c1-3-10-7-11(21-15-10)8-17(2)14(19)9-4-5-13-12(6-9)16-22-18(13)20/h4-7H,3,8H2,1-2H3. The lowest BCUT2D eigenvalue weighted by atomic mass is 10.1. The zero-order chi connectivity index (χ0) is 15.7. The lowest BCUT2D eigenvalue weighted by Gasteiger charge is -2.14. The van der Waals surface area contributed by atoms with Gasteiger partial charge < -0.3 is 14.6 Å². The first kappa shape index (κ1) is 14.1. The van der Waals surface area contributed by atoms with Crippen LogP contribution in [0.15, 0.2) is 33.4 Å². The molecule has 0 saturated carbocycles. The van der Waals surface area contributed by atoms with Crippen LogP contribution < -0.4 is 4.90 Å². The summed E-state index contributed by atoms with van der Waals surface area (Å²) >= 11 is 0. The minimum absolute atomic E-state index is 0.211. The maximum absolute atomic E-state index is 12.4. The van der Waals surface area contributed by atoms with E-state index in [0.29, 0.717) is 28.3 Å². The highest BCUT2D eigenvalue weighted by molar-refractivity contribution is 5.96. The van der Waals surface area contributed by atoms with Crippen molar-refractivity contribution < 1.29 is 18.8 Å². The van der Waals surface area contributed by atoms with Crippen LogP contribution in [0.3, 0.4) is 0 Å². The van der Waals surface area contributed by atoms with Gasteiger partial charge in [-0.15, -0.1) is 0 Å². The van der Waals surface area contributed by atoms with Gasteiger partial charge in [-0.1, -0.05) is 12.1 Å². The molecule has 0 saturated heterocycles. The van der Waals surface area contributed by atoms with E-state index in [4.69, 9.17) is 4.52 Å². The summed E-state index contributed by atoms with van der Waals surface area (Å²) in [6.07, 6.45) is 0.777. The summed E-state index contributed by atoms with van der Waals surface area (Å²) in [6.45, 7) is 2.29. The number of benzene rings is 1. The fraction of sp³-hybridized carbons (Fsp3) is 0.286. The molecule has 22 heavy (non-hydrogen) atoms. The fourth-order valence-corrected chi connectivity index (χ4v) is 2.13. The molecule has 3 aromatic rings. The number of aromatic nitrogens is 3. The molecule has 0 fully saturated rings. The number of aryl methyl sites for hydroxylation is 1. The Morgan fingerprint density at radius 3 is 2.91 bits per heavy atom. The van der Waals surface area contributed by atoms with Gasteiger partial charge in [-0.25, -0.2) is 0 Å². The number of amides is 1. The molecular weight excluding hydrogens is 288 g/mol. The lowest BCUT2D eigenvalue weighted by Crippen LogP contribution is -2.26. The SMILES string of the molecule is CCc1cc(CN(C)C(=O)c2ccc3c(c2)no[n+]3[O-])on1. The van der Waals surface area contributed by atoms with Gasteiger partial charge in [0.2, 0.25) is 11.0 Å². The molecule has 0 N–H and O–H groups in total. The Hall–Kier alpha value is -2.90. The Balaban J connectivity index is 1.78. The van der Waals surface area contributed by atoms with E-state index in [1.54, 1.807) is 13.1 Å². The number of carbonyl (C=O) groups excluding carboxylic acids is 1. The summed E-state index contributed by atoms with van der Waals surface area (Å²) < 4.78 is 9.65. The molecule has 114 valence electrons. The van der Waals surface area contributed by atoms with E-state index >= 15 is 0 Å². The number of fused-ring (bicyclic) bond motifs is 1. The molecule has 8 heteroatoms. The smallest absolute Gasteiger partial charge is 0.254 e. The lowest BCUT2D eigenvalue weighted by molar-refractivity contribution is -0.782. The van der Waals surface area contributed by atoms with Crippen molar-refractivity contribution in [2.45, 2.75) is 19.9 Å². The van der Waals surface area contributed by atoms with Crippen LogP contribution in [-0.4, -0.2) is 28.2 Å². The summed E-state index contributed by atoms with van der Waals surface area (Å²) in [5.41, 5.74) is 1.88. The van der Waals surface area contributed by atoms with Crippen LogP contribution in [0.1, 0.15) is 28.7 Å². The highest BCUT2D eigenvalue weighted by Gasteiger charge is 2.18. The molecular formula is C14H14N4O4. The Labute approximate surface area is 125 Å². The molecule has 0 spiro atoms. The Morgan fingerprint density at radius 2 is 2.18 bits per heavy atom. The maximum Gasteiger partial charge on any atom is 0.254 e. The predicted molar refractivity (Wildman–Crippen MR) is 74.6 cm³/mol. The van der Waals surface area contributed by atoms with Crippen LogP contribution in [0, 0.1) is 5.21 Å². The second kappa shape index (κ2) is 5.47. The largest absolute Gasteiger partial charge is 0.359 e. The molecule has 3 rings (SSSR count). The topological polar surface area (TPSA) is 99.3 Å². The molecule has 0 radical (unpaired) electrons. The number of carbonyl (C=O) groups is 1. The quantitative estimate of drug-likeness (QED) is 0.673. The van der Waals surface area contributed by atoms with Gasteiger partial charge >= 0.3 is 0 Å². The predicted octanol–water partition coefficient (Wildman–Crippen LogP) is 1.28. The van der Waals surface area contributed by atoms with Crippen molar-refractivity contribution in [2.75, 3.05) is 7.05 Å². The maximum atomic E-state index is 12.4. The molecule has 0 aliphatic heterocycles. The Morgan fingerprint density at radius 1 is 1.36 bits per heavy atom. The number of rotatable bonds is 4. The second-order valence-corrected chi connectivity index (χ2v) is 4.93. The van der Waals surface area contributed by atoms with Crippen LogP contribution in [0.25, 0.3) is 11.0 Å². The monoisotopic (exact) mass is 302 g/mol. The first-order valence-corrected chi connectivity index (χ1v) is 6.78. The highest BCUT2D eigenvalue weighted by atomic mass is 16.8. The summed E-state index contributed by atoms with van der Waals surface area (Å²) in [7, 11) is 1.66. The molecule has 0 aliphatic carbocycles. The number of hydrogen-bond acceptors (Lipinski definition) is 6. The van der Waals surface area contributed by atoms with Crippen molar-refractivity contribution in [1.82, 2.24) is 15.2 Å². The summed E-state index contributed by atoms with van der Waals surface area (Å²) in [4.78, 5) is 14.2. The van der Waals surface area contributed by atoms with Crippen molar-refractivity contribution in [3.05, 3.63) is 46.5 Å². The fourth-order valence-electron chi connectivity index (χ4n) is 2.13. The van der Waals surface area contributed by atoms with Gasteiger partial charge in [-0.05, 0) is 23.5 Å². The van der Waals surface area contributed by atoms with E-state index in [1.807, 2.05) is 13.0 Å². The second-order valence-electron chi connectivity index (χ2n) is 4.93. The zero-order valence-corrected chi connectivity index (χ0v) is 12.1. The number of nitrogens with zero attached hydrogens (tertiary/aromatic N) is 4. The normalized spacial score (nSPS) is 11.0. The third-order valence-electron chi connectivity index (χ3n) is 3.34. The molecule has 1 amide bonds. The van der Waals surface area contributed by atoms with E-state index < -0.39 is 0 Å². The van der Waals surface area contributed by atoms with Gasteiger partial charge in [0.15, 0.2) is 5.76 Å². The first-order chi connectivity index (χ1) is 10.6. The Bertz CT molecular complexity index is 823. The summed E-state index contributed by atoms with van der Waals surface area (Å²) in [5.74, 6) is 0.407. The number of hydrogen-bond donors (Lipinski definition) is 0. The van der Waals surface area contributed by atoms with Crippen molar-refractivity contribution in [1.29, 1.82) is 0 Å². The Kier molecular flexibility index (Phi) is 3.50. The van der Waals surface area contributed by atoms with Gasteiger partial charge in [0, 0.05) is 29.9 Å². The third-order valence-corrected chi connectivity index (χ3v) is 3.34. The molecule has 0 bridgehead atoms. The first-order valence-electron chi connectivity index (χ1n) is 6.78. The highest BCUT2D eigenvalue weighted by Crippen LogP contribution is 2.14. The molecule has 2 heterocycles.